The Kier molecular flexibility index (Phi) is 3.88. The summed E-state index contributed by atoms with van der Waals surface area (Å²) in [6.45, 7) is 0.326. The van der Waals surface area contributed by atoms with Crippen LogP contribution in [0.25, 0.3) is 0 Å². The largest absolute Gasteiger partial charge is 0.481 e. The Bertz CT molecular complexity index is 557. The second-order valence-electron chi connectivity index (χ2n) is 3.66. The molecule has 2 aromatic rings. The molecule has 18 heavy (non-hydrogen) atoms. The molecule has 0 saturated heterocycles. The molecule has 0 saturated carbocycles. The number of anilines is 1. The van der Waals surface area contributed by atoms with Crippen LogP contribution in [-0.4, -0.2) is 16.1 Å². The van der Waals surface area contributed by atoms with Gasteiger partial charge in [-0.2, -0.15) is 0 Å². The molecule has 0 atom stereocenters. The first-order chi connectivity index (χ1) is 8.65. The number of nitrogens with one attached hydrogen (secondary N) is 1. The molecule has 2 N–H and O–H groups in total. The van der Waals surface area contributed by atoms with Crippen molar-refractivity contribution >= 4 is 22.4 Å². The van der Waals surface area contributed by atoms with Gasteiger partial charge in [-0.3, -0.25) is 4.79 Å². The molecular weight excluding hydrogens is 255 g/mol. The Morgan fingerprint density at radius 2 is 2.22 bits per heavy atom. The van der Waals surface area contributed by atoms with Crippen LogP contribution in [0.4, 0.5) is 9.52 Å². The average molecular weight is 266 g/mol. The maximum Gasteiger partial charge on any atom is 0.309 e. The maximum atomic E-state index is 13.3. The van der Waals surface area contributed by atoms with Gasteiger partial charge in [-0.25, -0.2) is 9.37 Å². The molecule has 1 aromatic carbocycles. The molecule has 0 radical (unpaired) electrons. The van der Waals surface area contributed by atoms with E-state index in [1.807, 2.05) is 0 Å². The van der Waals surface area contributed by atoms with Crippen LogP contribution >= 0.6 is 11.3 Å². The molecule has 2 rings (SSSR count). The fourth-order valence-corrected chi connectivity index (χ4v) is 2.15. The van der Waals surface area contributed by atoms with Gasteiger partial charge in [0.2, 0.25) is 0 Å². The number of carboxylic acid groups (broad SMARTS) is 1. The van der Waals surface area contributed by atoms with Crippen molar-refractivity contribution in [3.63, 3.8) is 0 Å². The van der Waals surface area contributed by atoms with Crippen LogP contribution in [0.5, 0.6) is 0 Å². The molecule has 0 amide bonds. The van der Waals surface area contributed by atoms with Crippen LogP contribution in [0.1, 0.15) is 11.3 Å². The molecule has 94 valence electrons. The number of hydrogen-bond donors (Lipinski definition) is 2. The maximum absolute atomic E-state index is 13.3. The third-order valence-corrected chi connectivity index (χ3v) is 3.12. The average Bonchev–Trinajstić information content (AvgIpc) is 2.75. The Hall–Kier alpha value is -1.95. The van der Waals surface area contributed by atoms with Crippen LogP contribution in [-0.2, 0) is 17.8 Å². The Morgan fingerprint density at radius 1 is 1.44 bits per heavy atom. The molecule has 1 heterocycles. The smallest absolute Gasteiger partial charge is 0.309 e. The van der Waals surface area contributed by atoms with E-state index in [1.165, 1.54) is 17.4 Å². The predicted octanol–water partition coefficient (Wildman–Crippen LogP) is 2.52. The zero-order chi connectivity index (χ0) is 13.0. The fourth-order valence-electron chi connectivity index (χ4n) is 1.44. The lowest BCUT2D eigenvalue weighted by atomic mass is 10.2. The predicted molar refractivity (Wildman–Crippen MR) is 67.2 cm³/mol. The van der Waals surface area contributed by atoms with E-state index in [0.29, 0.717) is 22.9 Å². The van der Waals surface area contributed by atoms with E-state index in [4.69, 9.17) is 5.11 Å². The molecule has 0 aliphatic heterocycles. The zero-order valence-electron chi connectivity index (χ0n) is 9.39. The highest BCUT2D eigenvalue weighted by atomic mass is 32.1. The first-order valence-electron chi connectivity index (χ1n) is 5.28. The van der Waals surface area contributed by atoms with Crippen molar-refractivity contribution in [1.82, 2.24) is 4.98 Å². The Balaban J connectivity index is 1.96. The quantitative estimate of drug-likeness (QED) is 0.873. The number of hydrogen-bond acceptors (Lipinski definition) is 4. The molecule has 0 aliphatic rings. The summed E-state index contributed by atoms with van der Waals surface area (Å²) in [6, 6.07) is 6.48. The second kappa shape index (κ2) is 5.59. The second-order valence-corrected chi connectivity index (χ2v) is 4.52. The summed E-state index contributed by atoms with van der Waals surface area (Å²) >= 11 is 1.31. The van der Waals surface area contributed by atoms with Crippen LogP contribution < -0.4 is 5.32 Å². The van der Waals surface area contributed by atoms with Crippen molar-refractivity contribution in [1.29, 1.82) is 0 Å². The highest BCUT2D eigenvalue weighted by Crippen LogP contribution is 2.17. The monoisotopic (exact) mass is 266 g/mol. The minimum atomic E-state index is -0.916. The first-order valence-corrected chi connectivity index (χ1v) is 6.16. The number of carboxylic acids is 1. The molecule has 0 unspecified atom stereocenters. The lowest BCUT2D eigenvalue weighted by Gasteiger charge is -2.03. The Labute approximate surface area is 107 Å². The zero-order valence-corrected chi connectivity index (χ0v) is 10.2. The van der Waals surface area contributed by atoms with Crippen molar-refractivity contribution in [2.45, 2.75) is 13.0 Å². The van der Waals surface area contributed by atoms with E-state index in [1.54, 1.807) is 23.6 Å². The van der Waals surface area contributed by atoms with Crippen molar-refractivity contribution in [3.05, 3.63) is 46.7 Å². The van der Waals surface area contributed by atoms with E-state index in [9.17, 15) is 9.18 Å². The number of nitrogens with zero attached hydrogens (tertiary/aromatic N) is 1. The molecule has 0 aliphatic carbocycles. The van der Waals surface area contributed by atoms with Crippen molar-refractivity contribution in [3.8, 4) is 0 Å². The lowest BCUT2D eigenvalue weighted by Crippen LogP contribution is -2.03. The third kappa shape index (κ3) is 3.27. The van der Waals surface area contributed by atoms with E-state index in [-0.39, 0.29) is 12.2 Å². The molecule has 0 fully saturated rings. The number of carbonyl (C=O) groups is 1. The summed E-state index contributed by atoms with van der Waals surface area (Å²) in [7, 11) is 0. The number of benzene rings is 1. The van der Waals surface area contributed by atoms with Gasteiger partial charge < -0.3 is 10.4 Å². The van der Waals surface area contributed by atoms with Gasteiger partial charge in [-0.05, 0) is 6.07 Å². The van der Waals surface area contributed by atoms with Crippen molar-refractivity contribution < 1.29 is 14.3 Å². The number of aliphatic carboxylic acids is 1. The van der Waals surface area contributed by atoms with Crippen LogP contribution in [0.2, 0.25) is 0 Å². The number of halogens is 1. The molecule has 4 nitrogen and oxygen atoms in total. The number of rotatable bonds is 5. The minimum absolute atomic E-state index is 0.0993. The van der Waals surface area contributed by atoms with Gasteiger partial charge in [0, 0.05) is 17.5 Å². The Morgan fingerprint density at radius 3 is 2.94 bits per heavy atom. The molecular formula is C12H11FN2O2S. The van der Waals surface area contributed by atoms with Gasteiger partial charge in [0.05, 0.1) is 12.1 Å². The van der Waals surface area contributed by atoms with Crippen molar-refractivity contribution in [2.75, 3.05) is 5.32 Å². The lowest BCUT2D eigenvalue weighted by molar-refractivity contribution is -0.136. The topological polar surface area (TPSA) is 62.2 Å². The van der Waals surface area contributed by atoms with E-state index in [2.05, 4.69) is 10.3 Å². The number of thiazole rings is 1. The normalized spacial score (nSPS) is 10.3. The van der Waals surface area contributed by atoms with Gasteiger partial charge >= 0.3 is 5.97 Å². The highest BCUT2D eigenvalue weighted by Gasteiger charge is 2.06. The van der Waals surface area contributed by atoms with Gasteiger partial charge in [0.25, 0.3) is 0 Å². The van der Waals surface area contributed by atoms with Gasteiger partial charge in [0.15, 0.2) is 5.13 Å². The molecule has 0 bridgehead atoms. The van der Waals surface area contributed by atoms with Crippen LogP contribution in [0, 0.1) is 5.82 Å². The molecule has 1 aromatic heterocycles. The molecule has 0 spiro atoms. The van der Waals surface area contributed by atoms with Gasteiger partial charge in [-0.1, -0.05) is 18.2 Å². The summed E-state index contributed by atoms with van der Waals surface area (Å²) in [4.78, 5) is 14.6. The van der Waals surface area contributed by atoms with Crippen molar-refractivity contribution in [2.24, 2.45) is 0 Å². The SMILES string of the molecule is O=C(O)Cc1csc(NCc2ccccc2F)n1. The minimum Gasteiger partial charge on any atom is -0.481 e. The summed E-state index contributed by atoms with van der Waals surface area (Å²) in [6.07, 6.45) is -0.0993. The standard InChI is InChI=1S/C12H11FN2O2S/c13-10-4-2-1-3-8(10)6-14-12-15-9(7-18-12)5-11(16)17/h1-4,7H,5-6H2,(H,14,15)(H,16,17). The summed E-state index contributed by atoms with van der Waals surface area (Å²) in [5.41, 5.74) is 1.05. The van der Waals surface area contributed by atoms with E-state index in [0.717, 1.165) is 0 Å². The first kappa shape index (κ1) is 12.5. The number of aromatic nitrogens is 1. The van der Waals surface area contributed by atoms with Gasteiger partial charge in [-0.15, -0.1) is 11.3 Å². The van der Waals surface area contributed by atoms with E-state index < -0.39 is 5.97 Å². The highest BCUT2D eigenvalue weighted by molar-refractivity contribution is 7.13. The molecule has 6 heteroatoms. The summed E-state index contributed by atoms with van der Waals surface area (Å²) in [5, 5.41) is 13.9. The summed E-state index contributed by atoms with van der Waals surface area (Å²) < 4.78 is 13.3. The van der Waals surface area contributed by atoms with Gasteiger partial charge in [0.1, 0.15) is 5.82 Å². The fraction of sp³-hybridized carbons (Fsp3) is 0.167. The summed E-state index contributed by atoms with van der Waals surface area (Å²) in [5.74, 6) is -1.19. The van der Waals surface area contributed by atoms with E-state index >= 15 is 0 Å². The third-order valence-electron chi connectivity index (χ3n) is 2.27. The van der Waals surface area contributed by atoms with Crippen LogP contribution in [0.3, 0.4) is 0 Å². The van der Waals surface area contributed by atoms with Crippen LogP contribution in [0.15, 0.2) is 29.6 Å².